The molecule has 1 N–H and O–H groups in total. The molecule has 0 aliphatic carbocycles. The zero-order valence-corrected chi connectivity index (χ0v) is 11.8. The molecule has 0 amide bonds. The summed E-state index contributed by atoms with van der Waals surface area (Å²) >= 11 is 0. The predicted molar refractivity (Wildman–Crippen MR) is 72.8 cm³/mol. The number of nitrogens with one attached hydrogen (secondary N) is 1. The number of nitrogens with zero attached hydrogens (tertiary/aromatic N) is 2. The van der Waals surface area contributed by atoms with E-state index in [4.69, 9.17) is 9.72 Å². The van der Waals surface area contributed by atoms with E-state index >= 15 is 0 Å². The molecule has 2 rings (SSSR count). The van der Waals surface area contributed by atoms with Gasteiger partial charge in [0.1, 0.15) is 11.4 Å². The summed E-state index contributed by atoms with van der Waals surface area (Å²) in [6.07, 6.45) is 4.25. The van der Waals surface area contributed by atoms with Gasteiger partial charge < -0.3 is 10.1 Å². The second-order valence-corrected chi connectivity index (χ2v) is 5.11. The number of aromatic nitrogens is 2. The molecule has 18 heavy (non-hydrogen) atoms. The molecule has 0 radical (unpaired) electrons. The SMILES string of the molecule is CCc1nc(C2(C)CCCCO2)nc(NC)c1C. The molecule has 1 aromatic rings. The maximum absolute atomic E-state index is 5.94. The standard InChI is InChI=1S/C14H23N3O/c1-5-11-10(2)12(15-4)17-13(16-11)14(3)8-6-7-9-18-14/h5-9H2,1-4H3,(H,15,16,17). The van der Waals surface area contributed by atoms with E-state index < -0.39 is 0 Å². The van der Waals surface area contributed by atoms with Crippen molar-refractivity contribution in [1.29, 1.82) is 0 Å². The molecule has 4 heteroatoms. The molecule has 1 atom stereocenters. The summed E-state index contributed by atoms with van der Waals surface area (Å²) in [5.74, 6) is 1.75. The lowest BCUT2D eigenvalue weighted by Crippen LogP contribution is -2.33. The second-order valence-electron chi connectivity index (χ2n) is 5.11. The van der Waals surface area contributed by atoms with Crippen LogP contribution in [0.2, 0.25) is 0 Å². The zero-order valence-electron chi connectivity index (χ0n) is 11.8. The minimum Gasteiger partial charge on any atom is -0.373 e. The molecular formula is C14H23N3O. The van der Waals surface area contributed by atoms with Crippen LogP contribution in [0, 0.1) is 6.92 Å². The monoisotopic (exact) mass is 249 g/mol. The Kier molecular flexibility index (Phi) is 3.85. The molecule has 0 spiro atoms. The van der Waals surface area contributed by atoms with Gasteiger partial charge in [-0.2, -0.15) is 0 Å². The molecule has 1 aromatic heterocycles. The van der Waals surface area contributed by atoms with Crippen LogP contribution in [0.3, 0.4) is 0 Å². The minimum absolute atomic E-state index is 0.318. The number of anilines is 1. The third-order valence-electron chi connectivity index (χ3n) is 3.76. The normalized spacial score (nSPS) is 24.0. The molecular weight excluding hydrogens is 226 g/mol. The number of aryl methyl sites for hydroxylation is 1. The van der Waals surface area contributed by atoms with Gasteiger partial charge in [0, 0.05) is 24.9 Å². The topological polar surface area (TPSA) is 47.0 Å². The summed E-state index contributed by atoms with van der Waals surface area (Å²) in [5.41, 5.74) is 1.93. The molecule has 1 aliphatic heterocycles. The van der Waals surface area contributed by atoms with Crippen LogP contribution < -0.4 is 5.32 Å². The van der Waals surface area contributed by atoms with E-state index in [9.17, 15) is 0 Å². The lowest BCUT2D eigenvalue weighted by atomic mass is 9.94. The van der Waals surface area contributed by atoms with Gasteiger partial charge in [0.2, 0.25) is 0 Å². The summed E-state index contributed by atoms with van der Waals surface area (Å²) in [7, 11) is 1.91. The molecule has 1 unspecified atom stereocenters. The van der Waals surface area contributed by atoms with Gasteiger partial charge >= 0.3 is 0 Å². The van der Waals surface area contributed by atoms with Crippen LogP contribution in [0.5, 0.6) is 0 Å². The van der Waals surface area contributed by atoms with Crippen LogP contribution in [0.1, 0.15) is 50.2 Å². The first-order valence-electron chi connectivity index (χ1n) is 6.80. The van der Waals surface area contributed by atoms with Crippen LogP contribution in [-0.2, 0) is 16.8 Å². The summed E-state index contributed by atoms with van der Waals surface area (Å²) in [5, 5.41) is 3.16. The quantitative estimate of drug-likeness (QED) is 0.894. The molecule has 1 fully saturated rings. The zero-order chi connectivity index (χ0) is 13.2. The Balaban J connectivity index is 2.43. The third kappa shape index (κ3) is 2.34. The van der Waals surface area contributed by atoms with Gasteiger partial charge in [-0.05, 0) is 39.5 Å². The minimum atomic E-state index is -0.318. The van der Waals surface area contributed by atoms with Gasteiger partial charge in [-0.1, -0.05) is 6.92 Å². The van der Waals surface area contributed by atoms with Gasteiger partial charge in [0.25, 0.3) is 0 Å². The van der Waals surface area contributed by atoms with Crippen LogP contribution in [0.15, 0.2) is 0 Å². The highest BCUT2D eigenvalue weighted by Gasteiger charge is 2.33. The second kappa shape index (κ2) is 5.22. The number of hydrogen-bond acceptors (Lipinski definition) is 4. The Morgan fingerprint density at radius 1 is 1.33 bits per heavy atom. The molecule has 0 bridgehead atoms. The average molecular weight is 249 g/mol. The number of rotatable bonds is 3. The Bertz CT molecular complexity index is 400. The van der Waals surface area contributed by atoms with Crippen molar-refractivity contribution in [2.24, 2.45) is 0 Å². The van der Waals surface area contributed by atoms with Crippen molar-refractivity contribution < 1.29 is 4.74 Å². The van der Waals surface area contributed by atoms with Crippen molar-refractivity contribution in [3.8, 4) is 0 Å². The molecule has 0 aromatic carbocycles. The summed E-state index contributed by atoms with van der Waals surface area (Å²) < 4.78 is 5.94. The van der Waals surface area contributed by atoms with Crippen LogP contribution in [-0.4, -0.2) is 23.6 Å². The summed E-state index contributed by atoms with van der Waals surface area (Å²) in [6.45, 7) is 7.11. The number of hydrogen-bond donors (Lipinski definition) is 1. The molecule has 2 heterocycles. The molecule has 1 saturated heterocycles. The molecule has 1 aliphatic rings. The Morgan fingerprint density at radius 2 is 2.11 bits per heavy atom. The van der Waals surface area contributed by atoms with E-state index in [1.54, 1.807) is 0 Å². The van der Waals surface area contributed by atoms with E-state index in [0.29, 0.717) is 0 Å². The summed E-state index contributed by atoms with van der Waals surface area (Å²) in [6, 6.07) is 0. The lowest BCUT2D eigenvalue weighted by Gasteiger charge is -2.33. The fourth-order valence-corrected chi connectivity index (χ4v) is 2.50. The molecule has 4 nitrogen and oxygen atoms in total. The van der Waals surface area contributed by atoms with Crippen molar-refractivity contribution in [2.45, 2.75) is 52.1 Å². The maximum atomic E-state index is 5.94. The van der Waals surface area contributed by atoms with Crippen molar-refractivity contribution >= 4 is 5.82 Å². The molecule has 100 valence electrons. The highest BCUT2D eigenvalue weighted by Crippen LogP contribution is 2.33. The van der Waals surface area contributed by atoms with Gasteiger partial charge in [-0.15, -0.1) is 0 Å². The predicted octanol–water partition coefficient (Wildman–Crippen LogP) is 2.80. The Morgan fingerprint density at radius 3 is 2.67 bits per heavy atom. The lowest BCUT2D eigenvalue weighted by molar-refractivity contribution is -0.0760. The highest BCUT2D eigenvalue weighted by atomic mass is 16.5. The highest BCUT2D eigenvalue weighted by molar-refractivity contribution is 5.45. The largest absolute Gasteiger partial charge is 0.373 e. The van der Waals surface area contributed by atoms with Crippen LogP contribution in [0.4, 0.5) is 5.82 Å². The van der Waals surface area contributed by atoms with E-state index in [1.165, 1.54) is 6.42 Å². The first-order valence-corrected chi connectivity index (χ1v) is 6.80. The number of ether oxygens (including phenoxy) is 1. The van der Waals surface area contributed by atoms with Gasteiger partial charge in [-0.25, -0.2) is 9.97 Å². The maximum Gasteiger partial charge on any atom is 0.162 e. The van der Waals surface area contributed by atoms with E-state index in [-0.39, 0.29) is 5.60 Å². The average Bonchev–Trinajstić information content (AvgIpc) is 2.39. The van der Waals surface area contributed by atoms with Gasteiger partial charge in [0.05, 0.1) is 0 Å². The first-order chi connectivity index (χ1) is 8.60. The van der Waals surface area contributed by atoms with Crippen molar-refractivity contribution in [3.63, 3.8) is 0 Å². The Labute approximate surface area is 109 Å². The first kappa shape index (κ1) is 13.3. The third-order valence-corrected chi connectivity index (χ3v) is 3.76. The van der Waals surface area contributed by atoms with Crippen molar-refractivity contribution in [3.05, 3.63) is 17.1 Å². The summed E-state index contributed by atoms with van der Waals surface area (Å²) in [4.78, 5) is 9.37. The van der Waals surface area contributed by atoms with E-state index in [1.807, 2.05) is 7.05 Å². The van der Waals surface area contributed by atoms with Crippen LogP contribution in [0.25, 0.3) is 0 Å². The van der Waals surface area contributed by atoms with Crippen LogP contribution >= 0.6 is 0 Å². The smallest absolute Gasteiger partial charge is 0.162 e. The van der Waals surface area contributed by atoms with Gasteiger partial charge in [0.15, 0.2) is 5.82 Å². The molecule has 0 saturated carbocycles. The fourth-order valence-electron chi connectivity index (χ4n) is 2.50. The van der Waals surface area contributed by atoms with Crippen molar-refractivity contribution in [2.75, 3.05) is 19.0 Å². The van der Waals surface area contributed by atoms with E-state index in [2.05, 4.69) is 31.1 Å². The van der Waals surface area contributed by atoms with Crippen molar-refractivity contribution in [1.82, 2.24) is 9.97 Å². The fraction of sp³-hybridized carbons (Fsp3) is 0.714. The van der Waals surface area contributed by atoms with Gasteiger partial charge in [-0.3, -0.25) is 0 Å². The Hall–Kier alpha value is -1.16. The van der Waals surface area contributed by atoms with E-state index in [0.717, 1.165) is 48.8 Å².